The number of hydrogen-bond donors (Lipinski definition) is 1. The molecule has 2 saturated carbocycles. The molecule has 3 rings (SSSR count). The van der Waals surface area contributed by atoms with Crippen molar-refractivity contribution in [3.63, 3.8) is 0 Å². The van der Waals surface area contributed by atoms with Crippen LogP contribution in [0.4, 0.5) is 0 Å². The standard InChI is InChI=1S/C14H26N2/c15-13-4-6-16(7-5-13)14-9-11-2-1-3-12(8-11)10-14/h11-14H,1-10,15H2/t11-,12+,14+. The first-order valence-corrected chi connectivity index (χ1v) is 7.31. The van der Waals surface area contributed by atoms with Gasteiger partial charge in [0.2, 0.25) is 0 Å². The van der Waals surface area contributed by atoms with Gasteiger partial charge in [-0.2, -0.15) is 0 Å². The minimum atomic E-state index is 0.486. The van der Waals surface area contributed by atoms with Crippen LogP contribution in [0.25, 0.3) is 0 Å². The molecular weight excluding hydrogens is 196 g/mol. The van der Waals surface area contributed by atoms with Crippen LogP contribution in [-0.2, 0) is 0 Å². The number of hydrogen-bond acceptors (Lipinski definition) is 2. The minimum Gasteiger partial charge on any atom is -0.328 e. The zero-order chi connectivity index (χ0) is 11.0. The van der Waals surface area contributed by atoms with Crippen LogP contribution >= 0.6 is 0 Å². The number of nitrogens with two attached hydrogens (primary N) is 1. The Labute approximate surface area is 99.6 Å². The summed E-state index contributed by atoms with van der Waals surface area (Å²) in [5.41, 5.74) is 5.99. The molecule has 0 unspecified atom stereocenters. The van der Waals surface area contributed by atoms with E-state index < -0.39 is 0 Å². The quantitative estimate of drug-likeness (QED) is 0.738. The van der Waals surface area contributed by atoms with Crippen LogP contribution in [0.2, 0.25) is 0 Å². The van der Waals surface area contributed by atoms with Crippen molar-refractivity contribution in [1.82, 2.24) is 4.90 Å². The summed E-state index contributed by atoms with van der Waals surface area (Å²) in [7, 11) is 0. The maximum atomic E-state index is 5.99. The lowest BCUT2D eigenvalue weighted by Gasteiger charge is -2.45. The van der Waals surface area contributed by atoms with E-state index in [1.54, 1.807) is 6.42 Å². The summed E-state index contributed by atoms with van der Waals surface area (Å²) in [4.78, 5) is 2.76. The summed E-state index contributed by atoms with van der Waals surface area (Å²) in [6, 6.07) is 1.40. The first-order chi connectivity index (χ1) is 7.81. The molecule has 1 heterocycles. The van der Waals surface area contributed by atoms with Crippen LogP contribution in [0.5, 0.6) is 0 Å². The second-order valence-corrected chi connectivity index (χ2v) is 6.40. The van der Waals surface area contributed by atoms with E-state index in [-0.39, 0.29) is 0 Å². The third-order valence-corrected chi connectivity index (χ3v) is 5.19. The van der Waals surface area contributed by atoms with E-state index in [1.165, 1.54) is 58.0 Å². The Morgan fingerprint density at radius 2 is 1.44 bits per heavy atom. The number of likely N-dealkylation sites (tertiary alicyclic amines) is 1. The topological polar surface area (TPSA) is 29.3 Å². The van der Waals surface area contributed by atoms with Gasteiger partial charge in [-0.05, 0) is 57.0 Å². The van der Waals surface area contributed by atoms with Gasteiger partial charge in [0.15, 0.2) is 0 Å². The first-order valence-electron chi connectivity index (χ1n) is 7.31. The summed E-state index contributed by atoms with van der Waals surface area (Å²) in [6.45, 7) is 2.54. The Balaban J connectivity index is 1.58. The maximum absolute atomic E-state index is 5.99. The predicted molar refractivity (Wildman–Crippen MR) is 67.3 cm³/mol. The van der Waals surface area contributed by atoms with Gasteiger partial charge in [0.05, 0.1) is 0 Å². The van der Waals surface area contributed by atoms with Crippen LogP contribution < -0.4 is 5.73 Å². The van der Waals surface area contributed by atoms with Gasteiger partial charge in [-0.25, -0.2) is 0 Å². The van der Waals surface area contributed by atoms with Crippen molar-refractivity contribution in [2.45, 2.75) is 63.5 Å². The third kappa shape index (κ3) is 2.28. The molecule has 2 N–H and O–H groups in total. The molecule has 16 heavy (non-hydrogen) atoms. The fraction of sp³-hybridized carbons (Fsp3) is 1.00. The van der Waals surface area contributed by atoms with Crippen molar-refractivity contribution in [3.8, 4) is 0 Å². The van der Waals surface area contributed by atoms with Gasteiger partial charge >= 0.3 is 0 Å². The van der Waals surface area contributed by atoms with Gasteiger partial charge in [-0.15, -0.1) is 0 Å². The highest BCUT2D eigenvalue weighted by Gasteiger charge is 2.35. The van der Waals surface area contributed by atoms with Crippen molar-refractivity contribution in [3.05, 3.63) is 0 Å². The smallest absolute Gasteiger partial charge is 0.0101 e. The van der Waals surface area contributed by atoms with E-state index in [2.05, 4.69) is 4.90 Å². The Kier molecular flexibility index (Phi) is 3.21. The predicted octanol–water partition coefficient (Wildman–Crippen LogP) is 2.38. The third-order valence-electron chi connectivity index (χ3n) is 5.19. The Bertz CT molecular complexity index is 221. The molecule has 2 aliphatic carbocycles. The zero-order valence-electron chi connectivity index (χ0n) is 10.4. The first kappa shape index (κ1) is 11.0. The molecule has 92 valence electrons. The summed E-state index contributed by atoms with van der Waals surface area (Å²) >= 11 is 0. The summed E-state index contributed by atoms with van der Waals surface area (Å²) in [5, 5.41) is 0. The van der Waals surface area contributed by atoms with Gasteiger partial charge in [-0.3, -0.25) is 0 Å². The molecule has 2 heteroatoms. The number of piperidine rings is 1. The summed E-state index contributed by atoms with van der Waals surface area (Å²) in [6.07, 6.45) is 11.5. The molecule has 3 aliphatic rings. The van der Waals surface area contributed by atoms with Gasteiger partial charge < -0.3 is 10.6 Å². The number of rotatable bonds is 1. The van der Waals surface area contributed by atoms with Crippen LogP contribution in [0.3, 0.4) is 0 Å². The van der Waals surface area contributed by atoms with Crippen molar-refractivity contribution in [1.29, 1.82) is 0 Å². The van der Waals surface area contributed by atoms with E-state index >= 15 is 0 Å². The van der Waals surface area contributed by atoms with Crippen molar-refractivity contribution in [2.75, 3.05) is 13.1 Å². The molecule has 1 saturated heterocycles. The fourth-order valence-corrected chi connectivity index (χ4v) is 4.28. The number of nitrogens with zero attached hydrogens (tertiary/aromatic N) is 1. The van der Waals surface area contributed by atoms with E-state index in [4.69, 9.17) is 5.73 Å². The van der Waals surface area contributed by atoms with E-state index in [0.717, 1.165) is 17.9 Å². The Morgan fingerprint density at radius 1 is 0.812 bits per heavy atom. The van der Waals surface area contributed by atoms with Crippen LogP contribution in [-0.4, -0.2) is 30.1 Å². The Hall–Kier alpha value is -0.0800. The molecule has 0 spiro atoms. The molecule has 0 radical (unpaired) electrons. The molecule has 3 atom stereocenters. The van der Waals surface area contributed by atoms with Crippen LogP contribution in [0, 0.1) is 11.8 Å². The molecular formula is C14H26N2. The highest BCUT2D eigenvalue weighted by atomic mass is 15.2. The van der Waals surface area contributed by atoms with Crippen molar-refractivity contribution in [2.24, 2.45) is 17.6 Å². The molecule has 0 aromatic rings. The zero-order valence-corrected chi connectivity index (χ0v) is 10.4. The summed E-state index contributed by atoms with van der Waals surface area (Å²) in [5.74, 6) is 2.13. The fourth-order valence-electron chi connectivity index (χ4n) is 4.28. The lowest BCUT2D eigenvalue weighted by Crippen LogP contribution is -2.48. The van der Waals surface area contributed by atoms with E-state index in [0.29, 0.717) is 6.04 Å². The average Bonchev–Trinajstić information content (AvgIpc) is 2.29. The average molecular weight is 222 g/mol. The van der Waals surface area contributed by atoms with Crippen LogP contribution in [0.1, 0.15) is 51.4 Å². The molecule has 0 aromatic carbocycles. The molecule has 2 nitrogen and oxygen atoms in total. The minimum absolute atomic E-state index is 0.486. The largest absolute Gasteiger partial charge is 0.328 e. The van der Waals surface area contributed by atoms with Gasteiger partial charge in [0, 0.05) is 12.1 Å². The SMILES string of the molecule is NC1CCN([C@H]2C[C@@H]3CCC[C@@H](C3)C2)CC1. The van der Waals surface area contributed by atoms with Crippen molar-refractivity contribution >= 4 is 0 Å². The van der Waals surface area contributed by atoms with Gasteiger partial charge in [0.1, 0.15) is 0 Å². The second-order valence-electron chi connectivity index (χ2n) is 6.40. The Morgan fingerprint density at radius 3 is 2.06 bits per heavy atom. The summed E-state index contributed by atoms with van der Waals surface area (Å²) < 4.78 is 0. The normalized spacial score (nSPS) is 42.2. The monoisotopic (exact) mass is 222 g/mol. The van der Waals surface area contributed by atoms with E-state index in [9.17, 15) is 0 Å². The number of fused-ring (bicyclic) bond motifs is 2. The highest BCUT2D eigenvalue weighted by Crippen LogP contribution is 2.41. The van der Waals surface area contributed by atoms with Gasteiger partial charge in [0.25, 0.3) is 0 Å². The molecule has 2 bridgehead atoms. The van der Waals surface area contributed by atoms with Crippen molar-refractivity contribution < 1.29 is 0 Å². The molecule has 0 aromatic heterocycles. The molecule has 0 amide bonds. The lowest BCUT2D eigenvalue weighted by atomic mass is 9.70. The van der Waals surface area contributed by atoms with Crippen LogP contribution in [0.15, 0.2) is 0 Å². The highest BCUT2D eigenvalue weighted by molar-refractivity contribution is 4.89. The maximum Gasteiger partial charge on any atom is 0.0101 e. The van der Waals surface area contributed by atoms with E-state index in [1.807, 2.05) is 0 Å². The lowest BCUT2D eigenvalue weighted by molar-refractivity contribution is 0.0571. The molecule has 1 aliphatic heterocycles. The second kappa shape index (κ2) is 4.66. The molecule has 3 fully saturated rings. The van der Waals surface area contributed by atoms with Gasteiger partial charge in [-0.1, -0.05) is 19.3 Å².